The van der Waals surface area contributed by atoms with Crippen molar-refractivity contribution in [2.45, 2.75) is 0 Å². The van der Waals surface area contributed by atoms with E-state index in [1.165, 1.54) is 4.90 Å². The highest BCUT2D eigenvalue weighted by molar-refractivity contribution is 5.66. The Bertz CT molecular complexity index is 442. The largest absolute Gasteiger partial charge is 0.489 e. The molecule has 1 saturated heterocycles. The smallest absolute Gasteiger partial charge is 0.407 e. The van der Waals surface area contributed by atoms with Gasteiger partial charge in [0.25, 0.3) is 6.47 Å². The number of carbonyl (C=O) groups is 2. The summed E-state index contributed by atoms with van der Waals surface area (Å²) in [6.07, 6.45) is -0.907. The molecule has 18 heavy (non-hydrogen) atoms. The number of benzene rings is 1. The molecule has 1 aromatic carbocycles. The summed E-state index contributed by atoms with van der Waals surface area (Å²) < 4.78 is 10.3. The summed E-state index contributed by atoms with van der Waals surface area (Å²) in [5, 5.41) is 8.68. The van der Waals surface area contributed by atoms with Crippen LogP contribution in [-0.2, 0) is 4.79 Å². The van der Waals surface area contributed by atoms with Crippen LogP contribution in [0.4, 0.5) is 4.79 Å². The Morgan fingerprint density at radius 2 is 2.06 bits per heavy atom. The summed E-state index contributed by atoms with van der Waals surface area (Å²) >= 11 is 0. The average molecular weight is 251 g/mol. The molecule has 0 radical (unpaired) electrons. The zero-order chi connectivity index (χ0) is 13.0. The van der Waals surface area contributed by atoms with Crippen molar-refractivity contribution in [1.29, 1.82) is 0 Å². The van der Waals surface area contributed by atoms with Crippen molar-refractivity contribution in [2.24, 2.45) is 5.92 Å². The molecule has 1 heterocycles. The molecule has 96 valence electrons. The number of carboxylic acid groups (broad SMARTS) is 1. The van der Waals surface area contributed by atoms with Crippen molar-refractivity contribution < 1.29 is 24.2 Å². The lowest BCUT2D eigenvalue weighted by atomic mass is 10.0. The molecule has 1 amide bonds. The molecule has 1 N–H and O–H groups in total. The third-order valence-corrected chi connectivity index (χ3v) is 2.73. The number of amides is 1. The third kappa shape index (κ3) is 2.71. The molecule has 6 heteroatoms. The quantitative estimate of drug-likeness (QED) is 0.796. The highest BCUT2D eigenvalue weighted by atomic mass is 16.5. The van der Waals surface area contributed by atoms with Crippen LogP contribution in [-0.4, -0.2) is 42.3 Å². The zero-order valence-electron chi connectivity index (χ0n) is 9.61. The van der Waals surface area contributed by atoms with Gasteiger partial charge in [-0.2, -0.15) is 0 Å². The fraction of sp³-hybridized carbons (Fsp3) is 0.333. The number of ether oxygens (including phenoxy) is 2. The lowest BCUT2D eigenvalue weighted by molar-refractivity contribution is -0.120. The molecule has 0 spiro atoms. The van der Waals surface area contributed by atoms with E-state index in [4.69, 9.17) is 14.6 Å². The third-order valence-electron chi connectivity index (χ3n) is 2.73. The minimum atomic E-state index is -0.907. The first kappa shape index (κ1) is 12.2. The Kier molecular flexibility index (Phi) is 3.66. The van der Waals surface area contributed by atoms with Crippen molar-refractivity contribution in [1.82, 2.24) is 4.90 Å². The van der Waals surface area contributed by atoms with Crippen LogP contribution in [0.3, 0.4) is 0 Å². The number of hydrogen-bond acceptors (Lipinski definition) is 4. The van der Waals surface area contributed by atoms with E-state index in [1.54, 1.807) is 24.3 Å². The maximum atomic E-state index is 10.6. The first-order chi connectivity index (χ1) is 8.70. The summed E-state index contributed by atoms with van der Waals surface area (Å²) in [7, 11) is 0. The average Bonchev–Trinajstić information content (AvgIpc) is 2.29. The number of carbonyl (C=O) groups excluding carboxylic acids is 1. The molecule has 1 fully saturated rings. The second-order valence-corrected chi connectivity index (χ2v) is 4.03. The van der Waals surface area contributed by atoms with Gasteiger partial charge in [-0.05, 0) is 12.1 Å². The molecular formula is C12H13NO5. The van der Waals surface area contributed by atoms with Gasteiger partial charge in [0.2, 0.25) is 0 Å². The summed E-state index contributed by atoms with van der Waals surface area (Å²) in [5.74, 6) is 1.03. The van der Waals surface area contributed by atoms with Crippen LogP contribution in [0.5, 0.6) is 11.5 Å². The normalized spacial score (nSPS) is 14.8. The van der Waals surface area contributed by atoms with E-state index >= 15 is 0 Å². The summed E-state index contributed by atoms with van der Waals surface area (Å²) in [4.78, 5) is 22.2. The van der Waals surface area contributed by atoms with E-state index in [9.17, 15) is 9.59 Å². The Labute approximate surface area is 104 Å². The van der Waals surface area contributed by atoms with Crippen LogP contribution in [0, 0.1) is 5.92 Å². The molecule has 0 aliphatic carbocycles. The molecular weight excluding hydrogens is 238 g/mol. The minimum Gasteiger partial charge on any atom is -0.489 e. The lowest BCUT2D eigenvalue weighted by Crippen LogP contribution is -2.51. The van der Waals surface area contributed by atoms with Crippen molar-refractivity contribution in [3.8, 4) is 11.5 Å². The Hall–Kier alpha value is -2.24. The van der Waals surface area contributed by atoms with Gasteiger partial charge >= 0.3 is 6.09 Å². The Morgan fingerprint density at radius 1 is 1.39 bits per heavy atom. The van der Waals surface area contributed by atoms with Gasteiger partial charge in [0.05, 0.1) is 6.61 Å². The van der Waals surface area contributed by atoms with Gasteiger partial charge in [0.1, 0.15) is 0 Å². The van der Waals surface area contributed by atoms with Gasteiger partial charge in [-0.15, -0.1) is 0 Å². The molecule has 1 aliphatic rings. The lowest BCUT2D eigenvalue weighted by Gasteiger charge is -2.36. The molecule has 2 rings (SSSR count). The van der Waals surface area contributed by atoms with Gasteiger partial charge in [-0.1, -0.05) is 12.1 Å². The molecule has 0 unspecified atom stereocenters. The standard InChI is InChI=1S/C12H13NO5/c14-8-18-11-4-2-1-3-10(11)17-7-9-5-13(6-9)12(15)16/h1-4,8-9H,5-7H2,(H,15,16). The molecule has 1 aliphatic heterocycles. The topological polar surface area (TPSA) is 76.1 Å². The van der Waals surface area contributed by atoms with Crippen LogP contribution in [0.25, 0.3) is 0 Å². The number of hydrogen-bond donors (Lipinski definition) is 1. The predicted molar refractivity (Wildman–Crippen MR) is 61.7 cm³/mol. The van der Waals surface area contributed by atoms with Crippen molar-refractivity contribution in [3.05, 3.63) is 24.3 Å². The van der Waals surface area contributed by atoms with E-state index in [0.29, 0.717) is 37.7 Å². The maximum Gasteiger partial charge on any atom is 0.407 e. The van der Waals surface area contributed by atoms with Crippen molar-refractivity contribution in [3.63, 3.8) is 0 Å². The summed E-state index contributed by atoms with van der Waals surface area (Å²) in [6, 6.07) is 6.85. The van der Waals surface area contributed by atoms with Gasteiger partial charge in [-0.25, -0.2) is 4.79 Å². The van der Waals surface area contributed by atoms with E-state index in [1.807, 2.05) is 0 Å². The number of para-hydroxylation sites is 2. The van der Waals surface area contributed by atoms with Crippen LogP contribution in [0.2, 0.25) is 0 Å². The second kappa shape index (κ2) is 5.39. The minimum absolute atomic E-state index is 0.186. The highest BCUT2D eigenvalue weighted by Gasteiger charge is 2.30. The van der Waals surface area contributed by atoms with Crippen LogP contribution >= 0.6 is 0 Å². The van der Waals surface area contributed by atoms with E-state index in [-0.39, 0.29) is 5.92 Å². The monoisotopic (exact) mass is 251 g/mol. The maximum absolute atomic E-state index is 10.6. The highest BCUT2D eigenvalue weighted by Crippen LogP contribution is 2.27. The molecule has 6 nitrogen and oxygen atoms in total. The van der Waals surface area contributed by atoms with Crippen molar-refractivity contribution >= 4 is 12.6 Å². The second-order valence-electron chi connectivity index (χ2n) is 4.03. The van der Waals surface area contributed by atoms with Crippen molar-refractivity contribution in [2.75, 3.05) is 19.7 Å². The number of rotatable bonds is 5. The van der Waals surface area contributed by atoms with Crippen LogP contribution < -0.4 is 9.47 Å². The van der Waals surface area contributed by atoms with Gasteiger partial charge in [0.15, 0.2) is 11.5 Å². The van der Waals surface area contributed by atoms with Gasteiger partial charge in [0, 0.05) is 19.0 Å². The Balaban J connectivity index is 1.84. The Morgan fingerprint density at radius 3 is 2.67 bits per heavy atom. The van der Waals surface area contributed by atoms with Crippen LogP contribution in [0.15, 0.2) is 24.3 Å². The van der Waals surface area contributed by atoms with E-state index in [2.05, 4.69) is 0 Å². The molecule has 1 aromatic rings. The molecule has 0 saturated carbocycles. The molecule has 0 atom stereocenters. The first-order valence-electron chi connectivity index (χ1n) is 5.50. The van der Waals surface area contributed by atoms with Gasteiger partial charge in [-0.3, -0.25) is 4.79 Å². The van der Waals surface area contributed by atoms with Gasteiger partial charge < -0.3 is 19.5 Å². The fourth-order valence-electron chi connectivity index (χ4n) is 1.76. The molecule has 0 bridgehead atoms. The SMILES string of the molecule is O=COc1ccccc1OCC1CN(C(=O)O)C1. The summed E-state index contributed by atoms with van der Waals surface area (Å²) in [6.45, 7) is 1.71. The van der Waals surface area contributed by atoms with Crippen LogP contribution in [0.1, 0.15) is 0 Å². The number of likely N-dealkylation sites (tertiary alicyclic amines) is 1. The van der Waals surface area contributed by atoms with E-state index in [0.717, 1.165) is 0 Å². The fourth-order valence-corrected chi connectivity index (χ4v) is 1.76. The number of nitrogens with zero attached hydrogens (tertiary/aromatic N) is 1. The summed E-state index contributed by atoms with van der Waals surface area (Å²) in [5.41, 5.74) is 0. The first-order valence-corrected chi connectivity index (χ1v) is 5.50. The molecule has 0 aromatic heterocycles. The van der Waals surface area contributed by atoms with E-state index < -0.39 is 6.09 Å². The zero-order valence-corrected chi connectivity index (χ0v) is 9.61. The predicted octanol–water partition coefficient (Wildman–Crippen LogP) is 1.21.